The van der Waals surface area contributed by atoms with Crippen LogP contribution in [0.4, 0.5) is 4.39 Å². The number of hydrogen-bond donors (Lipinski definition) is 3. The van der Waals surface area contributed by atoms with E-state index in [2.05, 4.69) is 20.3 Å². The first-order valence-electron chi connectivity index (χ1n) is 8.65. The highest BCUT2D eigenvalue weighted by atomic mass is 127. The average Bonchev–Trinajstić information content (AvgIpc) is 2.53. The van der Waals surface area contributed by atoms with Crippen molar-refractivity contribution < 1.29 is 12.8 Å². The Hall–Kier alpha value is -0.940. The van der Waals surface area contributed by atoms with Crippen LogP contribution in [0.25, 0.3) is 0 Å². The van der Waals surface area contributed by atoms with Crippen LogP contribution in [0.1, 0.15) is 24.8 Å². The fraction of sp³-hybridized carbons (Fsp3) is 0.588. The van der Waals surface area contributed by atoms with Gasteiger partial charge in [0.15, 0.2) is 5.96 Å². The Bertz CT molecular complexity index is 664. The molecule has 2 rings (SSSR count). The number of nitrogens with one attached hydrogen (secondary N) is 3. The van der Waals surface area contributed by atoms with Gasteiger partial charge in [-0.15, -0.1) is 24.0 Å². The van der Waals surface area contributed by atoms with E-state index in [1.807, 2.05) is 0 Å². The van der Waals surface area contributed by atoms with Gasteiger partial charge < -0.3 is 10.6 Å². The molecule has 1 aliphatic carbocycles. The van der Waals surface area contributed by atoms with Crippen molar-refractivity contribution in [3.05, 3.63) is 35.6 Å². The largest absolute Gasteiger partial charge is 0.356 e. The number of benzene rings is 1. The maximum Gasteiger partial charge on any atom is 0.213 e. The quantitative estimate of drug-likeness (QED) is 0.276. The molecule has 148 valence electrons. The minimum Gasteiger partial charge on any atom is -0.356 e. The molecule has 0 atom stereocenters. The molecule has 1 aromatic carbocycles. The summed E-state index contributed by atoms with van der Waals surface area (Å²) in [6.07, 6.45) is 4.16. The van der Waals surface area contributed by atoms with E-state index in [9.17, 15) is 12.8 Å². The van der Waals surface area contributed by atoms with Crippen LogP contribution in [-0.4, -0.2) is 46.8 Å². The number of halogens is 2. The molecule has 1 fully saturated rings. The molecule has 0 heterocycles. The van der Waals surface area contributed by atoms with Crippen LogP contribution in [0.2, 0.25) is 0 Å². The number of guanidine groups is 1. The molecule has 0 bridgehead atoms. The number of sulfonamides is 1. The van der Waals surface area contributed by atoms with E-state index < -0.39 is 10.0 Å². The maximum absolute atomic E-state index is 12.9. The van der Waals surface area contributed by atoms with Gasteiger partial charge >= 0.3 is 0 Å². The lowest BCUT2D eigenvalue weighted by atomic mass is 9.86. The molecule has 0 saturated heterocycles. The Labute approximate surface area is 172 Å². The van der Waals surface area contributed by atoms with Gasteiger partial charge in [-0.2, -0.15) is 0 Å². The first-order chi connectivity index (χ1) is 12.0. The second-order valence-corrected chi connectivity index (χ2v) is 8.19. The predicted octanol–water partition coefficient (Wildman–Crippen LogP) is 1.87. The molecular weight excluding hydrogens is 470 g/mol. The zero-order valence-corrected chi connectivity index (χ0v) is 18.1. The van der Waals surface area contributed by atoms with Crippen LogP contribution < -0.4 is 15.4 Å². The lowest BCUT2D eigenvalue weighted by molar-refractivity contribution is 0.316. The normalized spacial score (nSPS) is 15.1. The topological polar surface area (TPSA) is 82.6 Å². The third-order valence-electron chi connectivity index (χ3n) is 4.32. The van der Waals surface area contributed by atoms with Gasteiger partial charge in [0, 0.05) is 26.7 Å². The fourth-order valence-electron chi connectivity index (χ4n) is 2.51. The summed E-state index contributed by atoms with van der Waals surface area (Å²) < 4.78 is 39.4. The van der Waals surface area contributed by atoms with Crippen LogP contribution in [0.5, 0.6) is 0 Å². The van der Waals surface area contributed by atoms with E-state index in [0.717, 1.165) is 24.8 Å². The molecule has 0 spiro atoms. The van der Waals surface area contributed by atoms with Gasteiger partial charge in [0.1, 0.15) is 5.82 Å². The van der Waals surface area contributed by atoms with Crippen molar-refractivity contribution in [3.8, 4) is 0 Å². The van der Waals surface area contributed by atoms with Crippen molar-refractivity contribution in [2.24, 2.45) is 10.9 Å². The zero-order chi connectivity index (χ0) is 18.1. The lowest BCUT2D eigenvalue weighted by Crippen LogP contribution is -2.42. The van der Waals surface area contributed by atoms with Crippen LogP contribution in [0, 0.1) is 11.7 Å². The lowest BCUT2D eigenvalue weighted by Gasteiger charge is -2.25. The fourth-order valence-corrected chi connectivity index (χ4v) is 3.52. The first-order valence-corrected chi connectivity index (χ1v) is 10.3. The van der Waals surface area contributed by atoms with Crippen molar-refractivity contribution in [1.29, 1.82) is 0 Å². The summed E-state index contributed by atoms with van der Waals surface area (Å²) in [5.74, 6) is 0.819. The van der Waals surface area contributed by atoms with Crippen molar-refractivity contribution >= 4 is 40.0 Å². The highest BCUT2D eigenvalue weighted by molar-refractivity contribution is 14.0. The highest BCUT2D eigenvalue weighted by Crippen LogP contribution is 2.25. The minimum atomic E-state index is -3.26. The van der Waals surface area contributed by atoms with E-state index in [1.165, 1.54) is 18.6 Å². The van der Waals surface area contributed by atoms with E-state index >= 15 is 0 Å². The molecule has 0 radical (unpaired) electrons. The van der Waals surface area contributed by atoms with Crippen LogP contribution >= 0.6 is 24.0 Å². The smallest absolute Gasteiger partial charge is 0.213 e. The summed E-state index contributed by atoms with van der Waals surface area (Å²) in [5.41, 5.74) is 1.02. The molecule has 0 aromatic heterocycles. The van der Waals surface area contributed by atoms with Crippen molar-refractivity contribution in [2.75, 3.05) is 32.4 Å². The van der Waals surface area contributed by atoms with E-state index in [-0.39, 0.29) is 42.1 Å². The van der Waals surface area contributed by atoms with Gasteiger partial charge in [0.25, 0.3) is 0 Å². The van der Waals surface area contributed by atoms with Gasteiger partial charge in [-0.1, -0.05) is 18.6 Å². The standard InChI is InChI=1S/C17H27FN4O2S.HI/c1-19-17(20-10-9-14-5-7-16(18)8-6-14)21-11-12-25(23,24)22-13-15-3-2-4-15;/h5-8,15,22H,2-4,9-13H2,1H3,(H2,19,20,21);1H. The van der Waals surface area contributed by atoms with Crippen LogP contribution in [0.3, 0.4) is 0 Å². The molecule has 6 nitrogen and oxygen atoms in total. The average molecular weight is 498 g/mol. The predicted molar refractivity (Wildman–Crippen MR) is 114 cm³/mol. The second-order valence-electron chi connectivity index (χ2n) is 6.27. The molecule has 0 unspecified atom stereocenters. The Balaban J connectivity index is 0.00000338. The summed E-state index contributed by atoms with van der Waals surface area (Å²) >= 11 is 0. The van der Waals surface area contributed by atoms with Crippen molar-refractivity contribution in [1.82, 2.24) is 15.4 Å². The molecule has 9 heteroatoms. The summed E-state index contributed by atoms with van der Waals surface area (Å²) in [4.78, 5) is 4.07. The molecule has 1 saturated carbocycles. The SMILES string of the molecule is CN=C(NCCc1ccc(F)cc1)NCCS(=O)(=O)NCC1CCC1.I. The molecule has 1 aliphatic rings. The highest BCUT2D eigenvalue weighted by Gasteiger charge is 2.19. The first kappa shape index (κ1) is 23.1. The van der Waals surface area contributed by atoms with E-state index in [4.69, 9.17) is 0 Å². The van der Waals surface area contributed by atoms with Crippen LogP contribution in [0.15, 0.2) is 29.3 Å². The van der Waals surface area contributed by atoms with Gasteiger partial charge in [-0.25, -0.2) is 17.5 Å². The Morgan fingerprint density at radius 1 is 1.19 bits per heavy atom. The number of hydrogen-bond acceptors (Lipinski definition) is 3. The molecule has 3 N–H and O–H groups in total. The van der Waals surface area contributed by atoms with Crippen molar-refractivity contribution in [3.63, 3.8) is 0 Å². The Kier molecular flexibility index (Phi) is 10.4. The van der Waals surface area contributed by atoms with Gasteiger partial charge in [-0.05, 0) is 42.9 Å². The van der Waals surface area contributed by atoms with Gasteiger partial charge in [0.05, 0.1) is 5.75 Å². The monoisotopic (exact) mass is 498 g/mol. The Morgan fingerprint density at radius 3 is 2.42 bits per heavy atom. The third-order valence-corrected chi connectivity index (χ3v) is 5.67. The zero-order valence-electron chi connectivity index (χ0n) is 15.0. The molecule has 0 amide bonds. The number of aliphatic imine (C=N–C) groups is 1. The van der Waals surface area contributed by atoms with E-state index in [1.54, 1.807) is 19.2 Å². The summed E-state index contributed by atoms with van der Waals surface area (Å²) in [6, 6.07) is 6.36. The Morgan fingerprint density at radius 2 is 1.85 bits per heavy atom. The minimum absolute atomic E-state index is 0. The van der Waals surface area contributed by atoms with Crippen LogP contribution in [-0.2, 0) is 16.4 Å². The molecule has 26 heavy (non-hydrogen) atoms. The number of nitrogens with zero attached hydrogens (tertiary/aromatic N) is 1. The molecular formula is C17H28FIN4O2S. The molecule has 0 aliphatic heterocycles. The third kappa shape index (κ3) is 8.63. The summed E-state index contributed by atoms with van der Waals surface area (Å²) in [5, 5.41) is 6.11. The van der Waals surface area contributed by atoms with Gasteiger partial charge in [0.2, 0.25) is 10.0 Å². The van der Waals surface area contributed by atoms with E-state index in [0.29, 0.717) is 25.0 Å². The number of rotatable bonds is 9. The second kappa shape index (κ2) is 11.7. The maximum atomic E-state index is 12.9. The summed E-state index contributed by atoms with van der Waals surface area (Å²) in [6.45, 7) is 1.46. The summed E-state index contributed by atoms with van der Waals surface area (Å²) in [7, 11) is -1.62. The molecule has 1 aromatic rings. The van der Waals surface area contributed by atoms with Gasteiger partial charge in [-0.3, -0.25) is 4.99 Å². The van der Waals surface area contributed by atoms with Crippen molar-refractivity contribution in [2.45, 2.75) is 25.7 Å².